The number of unbranched alkanes of at least 4 members (excludes halogenated alkanes) is 11. The standard InChI is InChI=1S/C28H48O4/c1-5-6-7-16-19-28(2,3)24-21-25(29)23-26(22-24)32-20-17-14-12-10-8-9-11-13-15-18-27(30)31-4/h21-23,29H,5-20H2,1-4H3. The number of carbonyl (C=O) groups is 1. The first kappa shape index (κ1) is 28.3. The molecule has 0 aliphatic carbocycles. The Morgan fingerprint density at radius 1 is 0.844 bits per heavy atom. The normalized spacial score (nSPS) is 11.5. The number of esters is 1. The number of carbonyl (C=O) groups excluding carboxylic acids is 1. The van der Waals surface area contributed by atoms with Gasteiger partial charge in [0.1, 0.15) is 11.5 Å². The minimum Gasteiger partial charge on any atom is -0.508 e. The van der Waals surface area contributed by atoms with Crippen LogP contribution in [0.1, 0.15) is 123 Å². The van der Waals surface area contributed by atoms with Crippen molar-refractivity contribution in [2.24, 2.45) is 0 Å². The number of ether oxygens (including phenoxy) is 2. The Bertz CT molecular complexity index is 624. The predicted molar refractivity (Wildman–Crippen MR) is 134 cm³/mol. The van der Waals surface area contributed by atoms with E-state index in [9.17, 15) is 9.90 Å². The van der Waals surface area contributed by atoms with E-state index >= 15 is 0 Å². The summed E-state index contributed by atoms with van der Waals surface area (Å²) in [6.07, 6.45) is 17.2. The zero-order valence-corrected chi connectivity index (χ0v) is 21.2. The van der Waals surface area contributed by atoms with E-state index in [0.29, 0.717) is 18.8 Å². The summed E-state index contributed by atoms with van der Waals surface area (Å²) < 4.78 is 10.6. The summed E-state index contributed by atoms with van der Waals surface area (Å²) in [5, 5.41) is 10.2. The van der Waals surface area contributed by atoms with Crippen molar-refractivity contribution in [2.45, 2.75) is 122 Å². The van der Waals surface area contributed by atoms with E-state index in [2.05, 4.69) is 31.6 Å². The molecule has 4 nitrogen and oxygen atoms in total. The van der Waals surface area contributed by atoms with Crippen LogP contribution in [-0.2, 0) is 14.9 Å². The molecule has 1 aromatic rings. The average Bonchev–Trinajstić information content (AvgIpc) is 2.77. The lowest BCUT2D eigenvalue weighted by Gasteiger charge is -2.26. The van der Waals surface area contributed by atoms with Crippen molar-refractivity contribution in [1.82, 2.24) is 0 Å². The van der Waals surface area contributed by atoms with E-state index in [1.807, 2.05) is 6.07 Å². The summed E-state index contributed by atoms with van der Waals surface area (Å²) in [6.45, 7) is 7.46. The van der Waals surface area contributed by atoms with Crippen LogP contribution in [0, 0.1) is 0 Å². The summed E-state index contributed by atoms with van der Waals surface area (Å²) in [5.41, 5.74) is 1.21. The molecule has 0 amide bonds. The van der Waals surface area contributed by atoms with E-state index in [1.165, 1.54) is 71.3 Å². The number of benzene rings is 1. The lowest BCUT2D eigenvalue weighted by molar-refractivity contribution is -0.140. The van der Waals surface area contributed by atoms with Gasteiger partial charge in [0.15, 0.2) is 0 Å². The van der Waals surface area contributed by atoms with Gasteiger partial charge in [-0.1, -0.05) is 91.4 Å². The molecule has 0 atom stereocenters. The molecule has 0 fully saturated rings. The second-order valence-corrected chi connectivity index (χ2v) is 9.77. The van der Waals surface area contributed by atoms with Crippen LogP contribution >= 0.6 is 0 Å². The Hall–Kier alpha value is -1.71. The molecule has 0 heterocycles. The molecule has 1 aromatic carbocycles. The number of phenols is 1. The molecule has 0 saturated carbocycles. The van der Waals surface area contributed by atoms with E-state index in [1.54, 1.807) is 6.07 Å². The zero-order chi connectivity index (χ0) is 23.7. The van der Waals surface area contributed by atoms with Crippen LogP contribution in [0.4, 0.5) is 0 Å². The van der Waals surface area contributed by atoms with Crippen molar-refractivity contribution in [3.8, 4) is 11.5 Å². The highest BCUT2D eigenvalue weighted by molar-refractivity contribution is 5.68. The fourth-order valence-electron chi connectivity index (χ4n) is 4.10. The van der Waals surface area contributed by atoms with Gasteiger partial charge in [0.2, 0.25) is 0 Å². The van der Waals surface area contributed by atoms with Gasteiger partial charge in [-0.2, -0.15) is 0 Å². The van der Waals surface area contributed by atoms with E-state index in [4.69, 9.17) is 4.74 Å². The van der Waals surface area contributed by atoms with Gasteiger partial charge in [0.05, 0.1) is 13.7 Å². The van der Waals surface area contributed by atoms with Crippen LogP contribution < -0.4 is 4.74 Å². The molecule has 1 rings (SSSR count). The van der Waals surface area contributed by atoms with Gasteiger partial charge < -0.3 is 14.6 Å². The molecular weight excluding hydrogens is 400 g/mol. The maximum absolute atomic E-state index is 11.1. The van der Waals surface area contributed by atoms with Crippen molar-refractivity contribution < 1.29 is 19.4 Å². The lowest BCUT2D eigenvalue weighted by atomic mass is 9.80. The largest absolute Gasteiger partial charge is 0.508 e. The molecule has 0 bridgehead atoms. The maximum Gasteiger partial charge on any atom is 0.305 e. The van der Waals surface area contributed by atoms with Crippen molar-refractivity contribution in [2.75, 3.05) is 13.7 Å². The highest BCUT2D eigenvalue weighted by atomic mass is 16.5. The Balaban J connectivity index is 2.18. The maximum atomic E-state index is 11.1. The van der Waals surface area contributed by atoms with Crippen molar-refractivity contribution in [1.29, 1.82) is 0 Å². The number of phenolic OH excluding ortho intramolecular Hbond substituents is 1. The third-order valence-electron chi connectivity index (χ3n) is 6.35. The molecule has 0 saturated heterocycles. The van der Waals surface area contributed by atoms with Crippen molar-refractivity contribution >= 4 is 5.97 Å². The highest BCUT2D eigenvalue weighted by Crippen LogP contribution is 2.34. The molecule has 32 heavy (non-hydrogen) atoms. The number of hydrogen-bond donors (Lipinski definition) is 1. The first-order valence-electron chi connectivity index (χ1n) is 12.9. The average molecular weight is 449 g/mol. The fourth-order valence-corrected chi connectivity index (χ4v) is 4.10. The van der Waals surface area contributed by atoms with Gasteiger partial charge in [-0.25, -0.2) is 0 Å². The zero-order valence-electron chi connectivity index (χ0n) is 21.2. The third kappa shape index (κ3) is 13.0. The van der Waals surface area contributed by atoms with Gasteiger partial charge in [-0.3, -0.25) is 4.79 Å². The predicted octanol–water partition coefficient (Wildman–Crippen LogP) is 8.09. The minimum atomic E-state index is -0.0970. The van der Waals surface area contributed by atoms with Crippen LogP contribution in [0.5, 0.6) is 11.5 Å². The van der Waals surface area contributed by atoms with E-state index in [-0.39, 0.29) is 11.4 Å². The first-order valence-corrected chi connectivity index (χ1v) is 12.9. The topological polar surface area (TPSA) is 55.8 Å². The number of rotatable bonds is 19. The van der Waals surface area contributed by atoms with Gasteiger partial charge >= 0.3 is 5.97 Å². The summed E-state index contributed by atoms with van der Waals surface area (Å²) in [5.74, 6) is 0.986. The summed E-state index contributed by atoms with van der Waals surface area (Å²) in [6, 6.07) is 5.73. The van der Waals surface area contributed by atoms with Crippen LogP contribution in [-0.4, -0.2) is 24.8 Å². The first-order chi connectivity index (χ1) is 15.4. The number of aromatic hydroxyl groups is 1. The van der Waals surface area contributed by atoms with E-state index < -0.39 is 0 Å². The van der Waals surface area contributed by atoms with E-state index in [0.717, 1.165) is 37.0 Å². The van der Waals surface area contributed by atoms with Crippen LogP contribution in [0.2, 0.25) is 0 Å². The molecule has 0 spiro atoms. The monoisotopic (exact) mass is 448 g/mol. The summed E-state index contributed by atoms with van der Waals surface area (Å²) in [4.78, 5) is 11.1. The Kier molecular flexibility index (Phi) is 14.9. The SMILES string of the molecule is CCCCCCC(C)(C)c1cc(O)cc(OCCCCCCCCCCCC(=O)OC)c1. The van der Waals surface area contributed by atoms with Crippen LogP contribution in [0.25, 0.3) is 0 Å². The number of hydrogen-bond acceptors (Lipinski definition) is 4. The summed E-state index contributed by atoms with van der Waals surface area (Å²) >= 11 is 0. The van der Waals surface area contributed by atoms with Gasteiger partial charge in [0, 0.05) is 12.5 Å². The molecule has 0 aromatic heterocycles. The molecule has 0 aliphatic heterocycles. The summed E-state index contributed by atoms with van der Waals surface area (Å²) in [7, 11) is 1.45. The molecule has 184 valence electrons. The minimum absolute atomic E-state index is 0.0455. The van der Waals surface area contributed by atoms with Gasteiger partial charge in [-0.15, -0.1) is 0 Å². The highest BCUT2D eigenvalue weighted by Gasteiger charge is 2.21. The molecule has 1 N–H and O–H groups in total. The second kappa shape index (κ2) is 16.9. The van der Waals surface area contributed by atoms with Gasteiger partial charge in [0.25, 0.3) is 0 Å². The van der Waals surface area contributed by atoms with Crippen LogP contribution in [0.3, 0.4) is 0 Å². The lowest BCUT2D eigenvalue weighted by Crippen LogP contribution is -2.17. The second-order valence-electron chi connectivity index (χ2n) is 9.77. The molecule has 0 unspecified atom stereocenters. The third-order valence-corrected chi connectivity index (χ3v) is 6.35. The molecular formula is C28H48O4. The fraction of sp³-hybridized carbons (Fsp3) is 0.750. The van der Waals surface area contributed by atoms with Crippen molar-refractivity contribution in [3.63, 3.8) is 0 Å². The van der Waals surface area contributed by atoms with Crippen molar-refractivity contribution in [3.05, 3.63) is 23.8 Å². The molecule has 4 heteroatoms. The smallest absolute Gasteiger partial charge is 0.305 e. The Labute approximate surface area is 197 Å². The Morgan fingerprint density at radius 3 is 2.06 bits per heavy atom. The molecule has 0 aliphatic rings. The number of methoxy groups -OCH3 is 1. The van der Waals surface area contributed by atoms with Gasteiger partial charge in [-0.05, 0) is 42.4 Å². The molecule has 0 radical (unpaired) electrons. The quantitative estimate of drug-likeness (QED) is 0.172. The Morgan fingerprint density at radius 2 is 1.44 bits per heavy atom. The van der Waals surface area contributed by atoms with Crippen LogP contribution in [0.15, 0.2) is 18.2 Å².